The second kappa shape index (κ2) is 5.65. The molecule has 1 aromatic heterocycles. The first kappa shape index (κ1) is 13.2. The predicted octanol–water partition coefficient (Wildman–Crippen LogP) is 3.41. The smallest absolute Gasteiger partial charge is 0.321 e. The van der Waals surface area contributed by atoms with E-state index in [2.05, 4.69) is 53.6 Å². The summed E-state index contributed by atoms with van der Waals surface area (Å²) in [6.07, 6.45) is 3.21. The Hall–Kier alpha value is -1.84. The van der Waals surface area contributed by atoms with Gasteiger partial charge < -0.3 is 9.84 Å². The number of benzene rings is 1. The van der Waals surface area contributed by atoms with Gasteiger partial charge in [-0.25, -0.2) is 0 Å². The number of aromatic nitrogens is 2. The Morgan fingerprint density at radius 2 is 2.10 bits per heavy atom. The average molecular weight is 271 g/mol. The number of hydrogen-bond donors (Lipinski definition) is 1. The van der Waals surface area contributed by atoms with Crippen LogP contribution in [0.15, 0.2) is 28.8 Å². The van der Waals surface area contributed by atoms with Gasteiger partial charge >= 0.3 is 6.01 Å². The SMILES string of the molecule is CC(C)CNc1nc(C2CCc3ccccc3C2)no1. The van der Waals surface area contributed by atoms with Crippen LogP contribution in [-0.2, 0) is 12.8 Å². The van der Waals surface area contributed by atoms with Crippen molar-refractivity contribution in [2.75, 3.05) is 11.9 Å². The van der Waals surface area contributed by atoms with Gasteiger partial charge in [0.25, 0.3) is 0 Å². The van der Waals surface area contributed by atoms with Crippen molar-refractivity contribution in [3.63, 3.8) is 0 Å². The second-order valence-electron chi connectivity index (χ2n) is 5.94. The quantitative estimate of drug-likeness (QED) is 0.925. The van der Waals surface area contributed by atoms with Crippen LogP contribution < -0.4 is 5.32 Å². The number of rotatable bonds is 4. The molecule has 2 aromatic rings. The van der Waals surface area contributed by atoms with Crippen molar-refractivity contribution >= 4 is 6.01 Å². The van der Waals surface area contributed by atoms with Crippen LogP contribution in [0.1, 0.15) is 43.1 Å². The first-order chi connectivity index (χ1) is 9.72. The van der Waals surface area contributed by atoms with Crippen LogP contribution in [0.2, 0.25) is 0 Å². The molecule has 3 rings (SSSR count). The molecule has 0 bridgehead atoms. The molecule has 1 N–H and O–H groups in total. The van der Waals surface area contributed by atoms with E-state index >= 15 is 0 Å². The maximum absolute atomic E-state index is 5.28. The fourth-order valence-corrected chi connectivity index (χ4v) is 2.68. The zero-order valence-electron chi connectivity index (χ0n) is 12.1. The third kappa shape index (κ3) is 2.84. The molecule has 4 nitrogen and oxygen atoms in total. The van der Waals surface area contributed by atoms with Gasteiger partial charge in [-0.15, -0.1) is 0 Å². The van der Waals surface area contributed by atoms with Crippen molar-refractivity contribution in [1.29, 1.82) is 0 Å². The molecule has 0 aliphatic heterocycles. The molecule has 0 radical (unpaired) electrons. The highest BCUT2D eigenvalue weighted by Crippen LogP contribution is 2.31. The van der Waals surface area contributed by atoms with Gasteiger partial charge in [0.2, 0.25) is 0 Å². The summed E-state index contributed by atoms with van der Waals surface area (Å²) in [6, 6.07) is 9.19. The topological polar surface area (TPSA) is 51.0 Å². The zero-order chi connectivity index (χ0) is 13.9. The van der Waals surface area contributed by atoms with Crippen LogP contribution in [0, 0.1) is 5.92 Å². The fourth-order valence-electron chi connectivity index (χ4n) is 2.68. The molecule has 0 fully saturated rings. The van der Waals surface area contributed by atoms with E-state index in [4.69, 9.17) is 4.52 Å². The van der Waals surface area contributed by atoms with Crippen molar-refractivity contribution in [2.24, 2.45) is 5.92 Å². The van der Waals surface area contributed by atoms with E-state index in [0.29, 0.717) is 17.9 Å². The number of fused-ring (bicyclic) bond motifs is 1. The molecule has 106 valence electrons. The lowest BCUT2D eigenvalue weighted by molar-refractivity contribution is 0.408. The monoisotopic (exact) mass is 271 g/mol. The van der Waals surface area contributed by atoms with Crippen molar-refractivity contribution in [1.82, 2.24) is 10.1 Å². The fraction of sp³-hybridized carbons (Fsp3) is 0.500. The van der Waals surface area contributed by atoms with Gasteiger partial charge in [-0.05, 0) is 36.3 Å². The summed E-state index contributed by atoms with van der Waals surface area (Å²) < 4.78 is 5.28. The van der Waals surface area contributed by atoms with Gasteiger partial charge in [-0.1, -0.05) is 43.3 Å². The minimum absolute atomic E-state index is 0.378. The third-order valence-electron chi connectivity index (χ3n) is 3.82. The Bertz CT molecular complexity index is 577. The minimum atomic E-state index is 0.378. The number of anilines is 1. The summed E-state index contributed by atoms with van der Waals surface area (Å²) in [7, 11) is 0. The molecular formula is C16H21N3O. The highest BCUT2D eigenvalue weighted by atomic mass is 16.5. The Kier molecular flexibility index (Phi) is 3.72. The van der Waals surface area contributed by atoms with E-state index in [1.54, 1.807) is 0 Å². The number of aryl methyl sites for hydroxylation is 1. The Morgan fingerprint density at radius 3 is 2.90 bits per heavy atom. The Morgan fingerprint density at radius 1 is 1.30 bits per heavy atom. The first-order valence-corrected chi connectivity index (χ1v) is 7.36. The maximum atomic E-state index is 5.28. The van der Waals surface area contributed by atoms with Crippen LogP contribution in [-0.4, -0.2) is 16.7 Å². The largest absolute Gasteiger partial charge is 0.338 e. The lowest BCUT2D eigenvalue weighted by Crippen LogP contribution is -2.14. The van der Waals surface area contributed by atoms with Crippen molar-refractivity contribution in [3.8, 4) is 0 Å². The van der Waals surface area contributed by atoms with Gasteiger partial charge in [0.05, 0.1) is 0 Å². The first-order valence-electron chi connectivity index (χ1n) is 7.36. The van der Waals surface area contributed by atoms with E-state index in [9.17, 15) is 0 Å². The molecule has 0 amide bonds. The summed E-state index contributed by atoms with van der Waals surface area (Å²) >= 11 is 0. The molecule has 1 aliphatic rings. The lowest BCUT2D eigenvalue weighted by Gasteiger charge is -2.21. The molecule has 1 unspecified atom stereocenters. The number of hydrogen-bond acceptors (Lipinski definition) is 4. The molecule has 20 heavy (non-hydrogen) atoms. The van der Waals surface area contributed by atoms with Crippen molar-refractivity contribution in [3.05, 3.63) is 41.2 Å². The molecule has 1 heterocycles. The Labute approximate surface area is 119 Å². The van der Waals surface area contributed by atoms with Gasteiger partial charge in [-0.2, -0.15) is 4.98 Å². The number of nitrogens with one attached hydrogen (secondary N) is 1. The minimum Gasteiger partial charge on any atom is -0.338 e. The molecule has 0 saturated heterocycles. The van der Waals surface area contributed by atoms with Crippen LogP contribution >= 0.6 is 0 Å². The van der Waals surface area contributed by atoms with Crippen molar-refractivity contribution < 1.29 is 4.52 Å². The average Bonchev–Trinajstić information content (AvgIpc) is 2.93. The standard InChI is InChI=1S/C16H21N3O/c1-11(2)10-17-16-18-15(19-20-16)14-8-7-12-5-3-4-6-13(12)9-14/h3-6,11,14H,7-10H2,1-2H3,(H,17,18,19). The van der Waals surface area contributed by atoms with Gasteiger partial charge in [0.15, 0.2) is 5.82 Å². The molecule has 1 aromatic carbocycles. The van der Waals surface area contributed by atoms with Crippen LogP contribution in [0.5, 0.6) is 0 Å². The van der Waals surface area contributed by atoms with E-state index in [1.165, 1.54) is 11.1 Å². The second-order valence-corrected chi connectivity index (χ2v) is 5.94. The van der Waals surface area contributed by atoms with E-state index in [-0.39, 0.29) is 0 Å². The van der Waals surface area contributed by atoms with Gasteiger partial charge in [0.1, 0.15) is 0 Å². The van der Waals surface area contributed by atoms with Crippen LogP contribution in [0.4, 0.5) is 6.01 Å². The molecular weight excluding hydrogens is 250 g/mol. The zero-order valence-corrected chi connectivity index (χ0v) is 12.1. The summed E-state index contributed by atoms with van der Waals surface area (Å²) in [4.78, 5) is 4.49. The Balaban J connectivity index is 1.69. The molecule has 1 atom stereocenters. The normalized spacial score (nSPS) is 18.1. The summed E-state index contributed by atoms with van der Waals surface area (Å²) in [5.41, 5.74) is 2.88. The summed E-state index contributed by atoms with van der Waals surface area (Å²) in [5.74, 6) is 1.78. The highest BCUT2D eigenvalue weighted by Gasteiger charge is 2.24. The van der Waals surface area contributed by atoms with Gasteiger partial charge in [-0.3, -0.25) is 0 Å². The predicted molar refractivity (Wildman–Crippen MR) is 78.8 cm³/mol. The maximum Gasteiger partial charge on any atom is 0.321 e. The van der Waals surface area contributed by atoms with E-state index < -0.39 is 0 Å². The molecule has 1 aliphatic carbocycles. The molecule has 4 heteroatoms. The van der Waals surface area contributed by atoms with Gasteiger partial charge in [0, 0.05) is 12.5 Å². The summed E-state index contributed by atoms with van der Waals surface area (Å²) in [5, 5.41) is 7.32. The lowest BCUT2D eigenvalue weighted by atomic mass is 9.83. The molecule has 0 saturated carbocycles. The van der Waals surface area contributed by atoms with Crippen LogP contribution in [0.25, 0.3) is 0 Å². The molecule has 0 spiro atoms. The van der Waals surface area contributed by atoms with E-state index in [0.717, 1.165) is 31.6 Å². The third-order valence-corrected chi connectivity index (χ3v) is 3.82. The van der Waals surface area contributed by atoms with E-state index in [1.807, 2.05) is 0 Å². The van der Waals surface area contributed by atoms with Crippen molar-refractivity contribution in [2.45, 2.75) is 39.0 Å². The summed E-state index contributed by atoms with van der Waals surface area (Å²) in [6.45, 7) is 5.17. The highest BCUT2D eigenvalue weighted by molar-refractivity contribution is 5.32. The van der Waals surface area contributed by atoms with Crippen LogP contribution in [0.3, 0.4) is 0 Å². The number of nitrogens with zero attached hydrogens (tertiary/aromatic N) is 2.